The number of hydrogen-bond donors (Lipinski definition) is 1. The summed E-state index contributed by atoms with van der Waals surface area (Å²) in [5.74, 6) is 3.03. The zero-order valence-electron chi connectivity index (χ0n) is 17.8. The van der Waals surface area contributed by atoms with Crippen LogP contribution in [-0.4, -0.2) is 28.8 Å². The molecule has 8 nitrogen and oxygen atoms in total. The minimum absolute atomic E-state index is 0.152. The molecular weight excluding hydrogens is 398 g/mol. The summed E-state index contributed by atoms with van der Waals surface area (Å²) in [6.07, 6.45) is 1.02. The Hall–Kier alpha value is -3.55. The highest BCUT2D eigenvalue weighted by molar-refractivity contribution is 5.94. The molecular formula is C23H25N3O5. The van der Waals surface area contributed by atoms with Gasteiger partial charge in [-0.1, -0.05) is 5.16 Å². The van der Waals surface area contributed by atoms with Crippen molar-refractivity contribution in [3.8, 4) is 17.2 Å². The van der Waals surface area contributed by atoms with E-state index in [2.05, 4.69) is 15.5 Å². The van der Waals surface area contributed by atoms with Crippen molar-refractivity contribution < 1.29 is 23.5 Å². The number of ether oxygens (including phenoxy) is 3. The number of fused-ring (bicyclic) bond motifs is 1. The molecule has 1 aliphatic heterocycles. The molecule has 8 heteroatoms. The molecule has 0 radical (unpaired) electrons. The van der Waals surface area contributed by atoms with Crippen LogP contribution in [-0.2, 0) is 19.6 Å². The molecule has 1 N–H and O–H groups in total. The Morgan fingerprint density at radius 1 is 1.23 bits per heavy atom. The Morgan fingerprint density at radius 3 is 2.74 bits per heavy atom. The highest BCUT2D eigenvalue weighted by Gasteiger charge is 2.22. The maximum absolute atomic E-state index is 12.6. The number of nitrogens with zero attached hydrogens (tertiary/aromatic N) is 2. The first-order chi connectivity index (χ1) is 15.0. The zero-order chi connectivity index (χ0) is 21.8. The van der Waals surface area contributed by atoms with Gasteiger partial charge in [-0.2, -0.15) is 4.98 Å². The number of aryl methyl sites for hydroxylation is 1. The predicted molar refractivity (Wildman–Crippen MR) is 112 cm³/mol. The molecule has 2 aromatic carbocycles. The lowest BCUT2D eigenvalue weighted by Gasteiger charge is -2.13. The van der Waals surface area contributed by atoms with Crippen LogP contribution in [0.15, 0.2) is 40.9 Å². The smallest absolute Gasteiger partial charge is 0.251 e. The van der Waals surface area contributed by atoms with E-state index in [9.17, 15) is 4.79 Å². The lowest BCUT2D eigenvalue weighted by Crippen LogP contribution is -2.23. The van der Waals surface area contributed by atoms with E-state index in [0.717, 1.165) is 29.0 Å². The Labute approximate surface area is 180 Å². The van der Waals surface area contributed by atoms with Crippen LogP contribution in [0.1, 0.15) is 47.0 Å². The summed E-state index contributed by atoms with van der Waals surface area (Å²) in [6, 6.07) is 10.9. The monoisotopic (exact) mass is 423 g/mol. The number of nitrogens with one attached hydrogen (secondary N) is 1. The van der Waals surface area contributed by atoms with Gasteiger partial charge in [0.15, 0.2) is 6.61 Å². The highest BCUT2D eigenvalue weighted by atomic mass is 16.5. The van der Waals surface area contributed by atoms with E-state index in [1.807, 2.05) is 26.0 Å². The van der Waals surface area contributed by atoms with Crippen LogP contribution in [0.3, 0.4) is 0 Å². The summed E-state index contributed by atoms with van der Waals surface area (Å²) >= 11 is 0. The van der Waals surface area contributed by atoms with Gasteiger partial charge in [-0.15, -0.1) is 0 Å². The zero-order valence-corrected chi connectivity index (χ0v) is 17.8. The van der Waals surface area contributed by atoms with Gasteiger partial charge < -0.3 is 24.1 Å². The average molecular weight is 423 g/mol. The molecule has 0 unspecified atom stereocenters. The maximum atomic E-state index is 12.6. The van der Waals surface area contributed by atoms with Gasteiger partial charge in [0.05, 0.1) is 6.61 Å². The van der Waals surface area contributed by atoms with Gasteiger partial charge in [-0.05, 0) is 50.2 Å². The largest absolute Gasteiger partial charge is 0.494 e. The Balaban J connectivity index is 1.37. The number of aromatic nitrogens is 2. The molecule has 3 aromatic rings. The summed E-state index contributed by atoms with van der Waals surface area (Å²) in [5, 5.41) is 6.73. The average Bonchev–Trinajstić information content (AvgIpc) is 3.34. The van der Waals surface area contributed by atoms with E-state index in [0.29, 0.717) is 36.2 Å². The third kappa shape index (κ3) is 4.96. The molecule has 4 rings (SSSR count). The second kappa shape index (κ2) is 9.07. The number of rotatable bonds is 8. The molecule has 0 fully saturated rings. The minimum Gasteiger partial charge on any atom is -0.494 e. The molecule has 1 atom stereocenters. The van der Waals surface area contributed by atoms with E-state index in [-0.39, 0.29) is 18.6 Å². The molecule has 2 heterocycles. The van der Waals surface area contributed by atoms with Crippen LogP contribution in [0.4, 0.5) is 0 Å². The van der Waals surface area contributed by atoms with E-state index in [4.69, 9.17) is 18.7 Å². The van der Waals surface area contributed by atoms with Crippen LogP contribution in [0.5, 0.6) is 17.2 Å². The lowest BCUT2D eigenvalue weighted by atomic mass is 10.1. The molecule has 31 heavy (non-hydrogen) atoms. The van der Waals surface area contributed by atoms with Gasteiger partial charge in [-0.3, -0.25) is 4.79 Å². The third-order valence-corrected chi connectivity index (χ3v) is 4.87. The van der Waals surface area contributed by atoms with Crippen molar-refractivity contribution in [3.05, 3.63) is 64.8 Å². The molecule has 0 bridgehead atoms. The van der Waals surface area contributed by atoms with Crippen molar-refractivity contribution in [2.45, 2.75) is 46.4 Å². The Kier molecular flexibility index (Phi) is 6.06. The summed E-state index contributed by atoms with van der Waals surface area (Å²) in [5.41, 5.74) is 2.56. The van der Waals surface area contributed by atoms with Crippen LogP contribution >= 0.6 is 0 Å². The first-order valence-corrected chi connectivity index (χ1v) is 10.3. The standard InChI is InChI=1S/C23H25N3O5/c1-4-28-20-10-17-9-14(2)30-21(17)11-18(20)12-24-23(27)16-5-7-19(8-6-16)29-13-22-25-15(3)31-26-22/h5-8,10-11,14H,4,9,12-13H2,1-3H3,(H,24,27)/t14-/m0/s1. The molecule has 1 amide bonds. The fraction of sp³-hybridized carbons (Fsp3) is 0.348. The van der Waals surface area contributed by atoms with Crippen molar-refractivity contribution in [2.24, 2.45) is 0 Å². The summed E-state index contributed by atoms with van der Waals surface area (Å²) in [4.78, 5) is 16.7. The number of amides is 1. The summed E-state index contributed by atoms with van der Waals surface area (Å²) < 4.78 is 22.1. The van der Waals surface area contributed by atoms with Crippen LogP contribution in [0, 0.1) is 6.92 Å². The second-order valence-electron chi connectivity index (χ2n) is 7.36. The number of hydrogen-bond acceptors (Lipinski definition) is 7. The van der Waals surface area contributed by atoms with Crippen molar-refractivity contribution >= 4 is 5.91 Å². The first kappa shape index (κ1) is 20.7. The molecule has 0 aliphatic carbocycles. The quantitative estimate of drug-likeness (QED) is 0.591. The summed E-state index contributed by atoms with van der Waals surface area (Å²) in [7, 11) is 0. The SMILES string of the molecule is CCOc1cc2c(cc1CNC(=O)c1ccc(OCc3noc(C)n3)cc1)O[C@@H](C)C2. The van der Waals surface area contributed by atoms with E-state index in [1.165, 1.54) is 0 Å². The minimum atomic E-state index is -0.183. The Morgan fingerprint density at radius 2 is 2.03 bits per heavy atom. The predicted octanol–water partition coefficient (Wildman–Crippen LogP) is 3.61. The first-order valence-electron chi connectivity index (χ1n) is 10.3. The van der Waals surface area contributed by atoms with Crippen molar-refractivity contribution in [1.82, 2.24) is 15.5 Å². The lowest BCUT2D eigenvalue weighted by molar-refractivity contribution is 0.0950. The van der Waals surface area contributed by atoms with Gasteiger partial charge in [0, 0.05) is 36.6 Å². The molecule has 1 aliphatic rings. The van der Waals surface area contributed by atoms with Gasteiger partial charge in [0.25, 0.3) is 5.91 Å². The van der Waals surface area contributed by atoms with Gasteiger partial charge >= 0.3 is 0 Å². The van der Waals surface area contributed by atoms with Crippen LogP contribution in [0.25, 0.3) is 0 Å². The van der Waals surface area contributed by atoms with Crippen LogP contribution < -0.4 is 19.5 Å². The molecule has 162 valence electrons. The van der Waals surface area contributed by atoms with Crippen molar-refractivity contribution in [2.75, 3.05) is 6.61 Å². The molecule has 0 spiro atoms. The fourth-order valence-corrected chi connectivity index (χ4v) is 3.44. The number of carbonyl (C=O) groups excluding carboxylic acids is 1. The normalized spacial score (nSPS) is 14.6. The van der Waals surface area contributed by atoms with Gasteiger partial charge in [0.2, 0.25) is 11.7 Å². The van der Waals surface area contributed by atoms with E-state index >= 15 is 0 Å². The van der Waals surface area contributed by atoms with Crippen LogP contribution in [0.2, 0.25) is 0 Å². The topological polar surface area (TPSA) is 95.7 Å². The van der Waals surface area contributed by atoms with E-state index in [1.54, 1.807) is 31.2 Å². The number of benzene rings is 2. The molecule has 0 saturated heterocycles. The second-order valence-corrected chi connectivity index (χ2v) is 7.36. The van der Waals surface area contributed by atoms with E-state index < -0.39 is 0 Å². The fourth-order valence-electron chi connectivity index (χ4n) is 3.44. The summed E-state index contributed by atoms with van der Waals surface area (Å²) in [6.45, 7) is 6.80. The van der Waals surface area contributed by atoms with Gasteiger partial charge in [0.1, 0.15) is 23.4 Å². The highest BCUT2D eigenvalue weighted by Crippen LogP contribution is 2.35. The van der Waals surface area contributed by atoms with Crippen molar-refractivity contribution in [1.29, 1.82) is 0 Å². The maximum Gasteiger partial charge on any atom is 0.251 e. The van der Waals surface area contributed by atoms with Gasteiger partial charge in [-0.25, -0.2) is 0 Å². The van der Waals surface area contributed by atoms with Crippen molar-refractivity contribution in [3.63, 3.8) is 0 Å². The molecule has 0 saturated carbocycles. The Bertz CT molecular complexity index is 1060. The number of carbonyl (C=O) groups is 1. The molecule has 1 aromatic heterocycles. The third-order valence-electron chi connectivity index (χ3n) is 4.87.